The van der Waals surface area contributed by atoms with E-state index < -0.39 is 18.4 Å². The van der Waals surface area contributed by atoms with Crippen molar-refractivity contribution in [3.8, 4) is 5.75 Å². The molecule has 1 unspecified atom stereocenters. The minimum Gasteiger partial charge on any atom is -0.496 e. The number of aliphatic hydroxyl groups excluding tert-OH is 1. The number of rotatable bonds is 6. The molecule has 0 bridgehead atoms. The van der Waals surface area contributed by atoms with Gasteiger partial charge in [-0.1, -0.05) is 23.9 Å². The van der Waals surface area contributed by atoms with Crippen molar-refractivity contribution in [1.29, 1.82) is 0 Å². The SMILES string of the molecule is COc1ccccc1Sc1ccc([N+](=O)[O-])cc1C(O)P(=O)(O)O. The molecule has 0 aliphatic rings. The molecular formula is C14H14NO7PS. The van der Waals surface area contributed by atoms with Crippen molar-refractivity contribution >= 4 is 25.0 Å². The van der Waals surface area contributed by atoms with Gasteiger partial charge < -0.3 is 19.6 Å². The molecule has 0 fully saturated rings. The summed E-state index contributed by atoms with van der Waals surface area (Å²) in [6.45, 7) is 0. The fourth-order valence-corrected chi connectivity index (χ4v) is 3.67. The number of para-hydroxylation sites is 1. The maximum atomic E-state index is 11.4. The largest absolute Gasteiger partial charge is 0.496 e. The van der Waals surface area contributed by atoms with Gasteiger partial charge in [0.1, 0.15) is 5.75 Å². The second kappa shape index (κ2) is 7.33. The lowest BCUT2D eigenvalue weighted by atomic mass is 10.2. The fraction of sp³-hybridized carbons (Fsp3) is 0.143. The molecule has 0 saturated heterocycles. The van der Waals surface area contributed by atoms with Crippen LogP contribution in [-0.2, 0) is 4.57 Å². The molecule has 0 aliphatic carbocycles. The summed E-state index contributed by atoms with van der Waals surface area (Å²) >= 11 is 1.08. The molecule has 0 radical (unpaired) electrons. The molecule has 3 N–H and O–H groups in total. The first-order valence-corrected chi connectivity index (χ1v) is 9.06. The number of methoxy groups -OCH3 is 1. The van der Waals surface area contributed by atoms with E-state index in [9.17, 15) is 29.6 Å². The first-order valence-electron chi connectivity index (χ1n) is 6.56. The number of aliphatic hydroxyl groups is 1. The Bertz CT molecular complexity index is 807. The van der Waals surface area contributed by atoms with Crippen molar-refractivity contribution < 1.29 is 29.1 Å². The minimum atomic E-state index is -4.89. The van der Waals surface area contributed by atoms with Crippen LogP contribution in [0.15, 0.2) is 52.3 Å². The lowest BCUT2D eigenvalue weighted by Crippen LogP contribution is -2.02. The molecule has 10 heteroatoms. The Morgan fingerprint density at radius 2 is 1.88 bits per heavy atom. The molecule has 0 spiro atoms. The van der Waals surface area contributed by atoms with Crippen molar-refractivity contribution in [3.63, 3.8) is 0 Å². The van der Waals surface area contributed by atoms with E-state index in [1.165, 1.54) is 19.2 Å². The number of hydrogen-bond acceptors (Lipinski definition) is 6. The number of non-ortho nitro benzene ring substituents is 1. The van der Waals surface area contributed by atoms with Gasteiger partial charge in [-0.25, -0.2) is 0 Å². The maximum absolute atomic E-state index is 11.4. The van der Waals surface area contributed by atoms with Crippen LogP contribution in [0.25, 0.3) is 0 Å². The van der Waals surface area contributed by atoms with Crippen molar-refractivity contribution in [2.45, 2.75) is 15.6 Å². The third-order valence-corrected chi connectivity index (χ3v) is 5.15. The number of nitro groups is 1. The van der Waals surface area contributed by atoms with Gasteiger partial charge in [-0.15, -0.1) is 0 Å². The molecule has 1 atom stereocenters. The van der Waals surface area contributed by atoms with Crippen LogP contribution in [0, 0.1) is 10.1 Å². The third-order valence-electron chi connectivity index (χ3n) is 3.09. The molecule has 8 nitrogen and oxygen atoms in total. The molecule has 0 amide bonds. The Morgan fingerprint density at radius 1 is 1.21 bits per heavy atom. The summed E-state index contributed by atoms with van der Waals surface area (Å²) < 4.78 is 16.6. The zero-order valence-electron chi connectivity index (χ0n) is 12.4. The van der Waals surface area contributed by atoms with Crippen LogP contribution >= 0.6 is 19.4 Å². The molecule has 2 aromatic rings. The van der Waals surface area contributed by atoms with E-state index in [-0.39, 0.29) is 16.1 Å². The van der Waals surface area contributed by atoms with Crippen molar-refractivity contribution in [2.75, 3.05) is 7.11 Å². The van der Waals surface area contributed by atoms with Gasteiger partial charge in [-0.05, 0) is 18.2 Å². The summed E-state index contributed by atoms with van der Waals surface area (Å²) in [7, 11) is -3.42. The molecular weight excluding hydrogens is 357 g/mol. The number of nitro benzene ring substituents is 1. The van der Waals surface area contributed by atoms with Gasteiger partial charge in [0.25, 0.3) is 5.69 Å². The molecule has 2 rings (SSSR count). The number of hydrogen-bond donors (Lipinski definition) is 3. The van der Waals surface area contributed by atoms with Crippen molar-refractivity contribution in [1.82, 2.24) is 0 Å². The Labute approximate surface area is 141 Å². The highest BCUT2D eigenvalue weighted by Crippen LogP contribution is 2.53. The summed E-state index contributed by atoms with van der Waals surface area (Å²) in [4.78, 5) is 29.5. The second-order valence-corrected chi connectivity index (χ2v) is 7.45. The average Bonchev–Trinajstić information content (AvgIpc) is 2.54. The smallest absolute Gasteiger partial charge is 0.358 e. The van der Waals surface area contributed by atoms with E-state index >= 15 is 0 Å². The number of ether oxygens (including phenoxy) is 1. The van der Waals surface area contributed by atoms with Crippen LogP contribution in [0.4, 0.5) is 5.69 Å². The summed E-state index contributed by atoms with van der Waals surface area (Å²) in [6, 6.07) is 10.4. The highest BCUT2D eigenvalue weighted by atomic mass is 32.2. The molecule has 128 valence electrons. The normalized spacial score (nSPS) is 12.7. The predicted molar refractivity (Wildman–Crippen MR) is 87.2 cm³/mol. The summed E-state index contributed by atoms with van der Waals surface area (Å²) in [5.41, 5.74) is -0.588. The Balaban J connectivity index is 2.53. The maximum Gasteiger partial charge on any atom is 0.358 e. The molecule has 2 aromatic carbocycles. The molecule has 0 heterocycles. The zero-order valence-corrected chi connectivity index (χ0v) is 14.1. The lowest BCUT2D eigenvalue weighted by molar-refractivity contribution is -0.385. The quantitative estimate of drug-likeness (QED) is 0.401. The molecule has 0 aliphatic heterocycles. The van der Waals surface area contributed by atoms with Gasteiger partial charge in [-0.2, -0.15) is 0 Å². The van der Waals surface area contributed by atoms with Gasteiger partial charge in [0.2, 0.25) is 0 Å². The Morgan fingerprint density at radius 3 is 2.46 bits per heavy atom. The van der Waals surface area contributed by atoms with E-state index in [0.29, 0.717) is 10.6 Å². The van der Waals surface area contributed by atoms with Crippen LogP contribution in [-0.4, -0.2) is 26.9 Å². The predicted octanol–water partition coefficient (Wildman–Crippen LogP) is 2.92. The monoisotopic (exact) mass is 371 g/mol. The van der Waals surface area contributed by atoms with Crippen LogP contribution in [0.1, 0.15) is 11.4 Å². The zero-order chi connectivity index (χ0) is 17.9. The van der Waals surface area contributed by atoms with Crippen LogP contribution in [0.3, 0.4) is 0 Å². The lowest BCUT2D eigenvalue weighted by Gasteiger charge is -2.17. The van der Waals surface area contributed by atoms with Gasteiger partial charge in [-0.3, -0.25) is 14.7 Å². The number of benzene rings is 2. The highest BCUT2D eigenvalue weighted by Gasteiger charge is 2.31. The first-order chi connectivity index (χ1) is 11.2. The Hall–Kier alpha value is -1.90. The Kier molecular flexibility index (Phi) is 5.63. The van der Waals surface area contributed by atoms with E-state index in [1.54, 1.807) is 24.3 Å². The topological polar surface area (TPSA) is 130 Å². The van der Waals surface area contributed by atoms with Gasteiger partial charge in [0.05, 0.1) is 16.9 Å². The van der Waals surface area contributed by atoms with E-state index in [4.69, 9.17) is 4.74 Å². The van der Waals surface area contributed by atoms with Crippen molar-refractivity contribution in [3.05, 3.63) is 58.1 Å². The second-order valence-electron chi connectivity index (χ2n) is 4.69. The average molecular weight is 371 g/mol. The van der Waals surface area contributed by atoms with Crippen LogP contribution < -0.4 is 4.74 Å². The summed E-state index contributed by atoms with van der Waals surface area (Å²) in [5.74, 6) is -1.63. The minimum absolute atomic E-state index is 0.214. The van der Waals surface area contributed by atoms with Crippen LogP contribution in [0.5, 0.6) is 5.75 Å². The van der Waals surface area contributed by atoms with Gasteiger partial charge >= 0.3 is 7.60 Å². The third kappa shape index (κ3) is 4.14. The van der Waals surface area contributed by atoms with Crippen LogP contribution in [0.2, 0.25) is 0 Å². The van der Waals surface area contributed by atoms with Crippen molar-refractivity contribution in [2.24, 2.45) is 0 Å². The highest BCUT2D eigenvalue weighted by molar-refractivity contribution is 7.99. The van der Waals surface area contributed by atoms with Gasteiger partial charge in [0.15, 0.2) is 5.85 Å². The molecule has 0 saturated carbocycles. The van der Waals surface area contributed by atoms with E-state index in [0.717, 1.165) is 17.8 Å². The standard InChI is InChI=1S/C14H14NO7PS/c1-22-11-4-2-3-5-13(11)24-12-7-6-9(15(17)18)8-10(12)14(16)23(19,20)21/h2-8,14,16H,1H3,(H2,19,20,21). The van der Waals surface area contributed by atoms with E-state index in [1.807, 2.05) is 0 Å². The van der Waals surface area contributed by atoms with E-state index in [2.05, 4.69) is 0 Å². The molecule has 0 aromatic heterocycles. The molecule has 24 heavy (non-hydrogen) atoms. The first kappa shape index (κ1) is 18.4. The summed E-state index contributed by atoms with van der Waals surface area (Å²) in [5, 5.41) is 20.8. The number of nitrogens with zero attached hydrogens (tertiary/aromatic N) is 1. The summed E-state index contributed by atoms with van der Waals surface area (Å²) in [6.07, 6.45) is 0. The fourth-order valence-electron chi connectivity index (χ4n) is 1.95. The van der Waals surface area contributed by atoms with Gasteiger partial charge in [0, 0.05) is 22.6 Å².